The summed E-state index contributed by atoms with van der Waals surface area (Å²) in [4.78, 5) is 28.8. The Morgan fingerprint density at radius 1 is 0.909 bits per heavy atom. The second-order valence-corrected chi connectivity index (χ2v) is 8.38. The minimum Gasteiger partial charge on any atom is -0.497 e. The normalized spacial score (nSPS) is 14.2. The number of benzene rings is 3. The number of hydrogen-bond donors (Lipinski definition) is 2. The summed E-state index contributed by atoms with van der Waals surface area (Å²) < 4.78 is 5.27. The van der Waals surface area contributed by atoms with Gasteiger partial charge in [-0.15, -0.1) is 0 Å². The number of hydrogen-bond acceptors (Lipinski definition) is 4. The number of piperazine rings is 1. The molecule has 0 atom stereocenters. The molecule has 1 heterocycles. The number of carbonyl (C=O) groups is 2. The molecular formula is C26H30N4O3. The fourth-order valence-corrected chi connectivity index (χ4v) is 3.95. The summed E-state index contributed by atoms with van der Waals surface area (Å²) in [5.41, 5.74) is 3.01. The molecule has 1 saturated heterocycles. The second-order valence-electron chi connectivity index (χ2n) is 8.38. The van der Waals surface area contributed by atoms with Crippen molar-refractivity contribution in [3.8, 4) is 5.75 Å². The Balaban J connectivity index is 1.22. The lowest BCUT2D eigenvalue weighted by atomic mass is 10.1. The first-order valence-corrected chi connectivity index (χ1v) is 11.2. The first kappa shape index (κ1) is 22.6. The predicted octanol–water partition coefficient (Wildman–Crippen LogP) is 3.62. The number of rotatable bonds is 6. The predicted molar refractivity (Wildman–Crippen MR) is 131 cm³/mol. The average Bonchev–Trinajstić information content (AvgIpc) is 2.84. The van der Waals surface area contributed by atoms with Gasteiger partial charge in [-0.25, -0.2) is 4.79 Å². The molecule has 0 radical (unpaired) electrons. The van der Waals surface area contributed by atoms with E-state index in [-0.39, 0.29) is 11.9 Å². The molecule has 3 aromatic carbocycles. The minimum absolute atomic E-state index is 0.0364. The van der Waals surface area contributed by atoms with Crippen LogP contribution < -0.4 is 15.4 Å². The summed E-state index contributed by atoms with van der Waals surface area (Å²) in [7, 11) is 1.66. The second kappa shape index (κ2) is 10.4. The zero-order valence-corrected chi connectivity index (χ0v) is 19.1. The Labute approximate surface area is 194 Å². The first-order valence-electron chi connectivity index (χ1n) is 11.2. The lowest BCUT2D eigenvalue weighted by Gasteiger charge is -2.34. The summed E-state index contributed by atoms with van der Waals surface area (Å²) in [5.74, 6) is 0.793. The molecule has 3 aromatic rings. The Bertz CT molecular complexity index is 1120. The highest BCUT2D eigenvalue weighted by Crippen LogP contribution is 2.22. The van der Waals surface area contributed by atoms with Crippen LogP contribution >= 0.6 is 0 Å². The molecule has 1 aliphatic rings. The molecule has 3 amide bonds. The van der Waals surface area contributed by atoms with Crippen molar-refractivity contribution >= 4 is 28.4 Å². The maximum Gasteiger partial charge on any atom is 0.317 e. The van der Waals surface area contributed by atoms with Gasteiger partial charge in [-0.05, 0) is 53.6 Å². The third kappa shape index (κ3) is 6.02. The number of anilines is 1. The van der Waals surface area contributed by atoms with Crippen molar-refractivity contribution in [2.45, 2.75) is 13.5 Å². The number of carbonyl (C=O) groups excluding carboxylic acids is 2. The van der Waals surface area contributed by atoms with Crippen molar-refractivity contribution in [1.82, 2.24) is 15.1 Å². The molecule has 7 nitrogen and oxygen atoms in total. The molecular weight excluding hydrogens is 416 g/mol. The Morgan fingerprint density at radius 2 is 1.61 bits per heavy atom. The monoisotopic (exact) mass is 446 g/mol. The fourth-order valence-electron chi connectivity index (χ4n) is 3.95. The third-order valence-corrected chi connectivity index (χ3v) is 5.92. The summed E-state index contributed by atoms with van der Waals surface area (Å²) in [6.45, 7) is 5.35. The standard InChI is InChI=1S/C26H30N4O3/c1-19-3-8-23(9-4-19)28-25(31)18-29-11-13-30(14-12-29)26(32)27-17-20-5-6-22-16-24(33-2)10-7-21(22)15-20/h3-10,15-16H,11-14,17-18H2,1-2H3,(H,27,32)(H,28,31). The van der Waals surface area contributed by atoms with E-state index in [1.54, 1.807) is 12.0 Å². The zero-order valence-electron chi connectivity index (χ0n) is 19.1. The van der Waals surface area contributed by atoms with E-state index in [4.69, 9.17) is 4.74 Å². The van der Waals surface area contributed by atoms with Crippen molar-refractivity contribution in [2.75, 3.05) is 45.2 Å². The molecule has 172 valence electrons. The zero-order chi connectivity index (χ0) is 23.2. The van der Waals surface area contributed by atoms with Crippen molar-refractivity contribution in [2.24, 2.45) is 0 Å². The Morgan fingerprint density at radius 3 is 2.33 bits per heavy atom. The molecule has 2 N–H and O–H groups in total. The van der Waals surface area contributed by atoms with E-state index in [2.05, 4.69) is 21.6 Å². The number of nitrogens with zero attached hydrogens (tertiary/aromatic N) is 2. The lowest BCUT2D eigenvalue weighted by molar-refractivity contribution is -0.117. The quantitative estimate of drug-likeness (QED) is 0.607. The summed E-state index contributed by atoms with van der Waals surface area (Å²) in [6, 6.07) is 19.8. The number of nitrogens with one attached hydrogen (secondary N) is 2. The molecule has 0 unspecified atom stereocenters. The van der Waals surface area contributed by atoms with Gasteiger partial charge in [0.2, 0.25) is 5.91 Å². The van der Waals surface area contributed by atoms with Crippen LogP contribution in [-0.2, 0) is 11.3 Å². The summed E-state index contributed by atoms with van der Waals surface area (Å²) in [5, 5.41) is 8.16. The van der Waals surface area contributed by atoms with Crippen LogP contribution in [0.25, 0.3) is 10.8 Å². The van der Waals surface area contributed by atoms with Gasteiger partial charge in [0.15, 0.2) is 0 Å². The van der Waals surface area contributed by atoms with Crippen LogP contribution in [0.2, 0.25) is 0 Å². The van der Waals surface area contributed by atoms with Crippen molar-refractivity contribution in [3.05, 3.63) is 71.8 Å². The van der Waals surface area contributed by atoms with E-state index in [9.17, 15) is 9.59 Å². The van der Waals surface area contributed by atoms with E-state index in [0.717, 1.165) is 33.3 Å². The van der Waals surface area contributed by atoms with Gasteiger partial charge in [0.1, 0.15) is 5.75 Å². The third-order valence-electron chi connectivity index (χ3n) is 5.92. The van der Waals surface area contributed by atoms with Gasteiger partial charge in [0.05, 0.1) is 13.7 Å². The van der Waals surface area contributed by atoms with Crippen LogP contribution in [0.4, 0.5) is 10.5 Å². The Kier molecular flexibility index (Phi) is 7.10. The smallest absolute Gasteiger partial charge is 0.317 e. The maximum absolute atomic E-state index is 12.6. The van der Waals surface area contributed by atoms with Crippen LogP contribution in [0.15, 0.2) is 60.7 Å². The number of ether oxygens (including phenoxy) is 1. The number of fused-ring (bicyclic) bond motifs is 1. The van der Waals surface area contributed by atoms with E-state index in [1.165, 1.54) is 0 Å². The van der Waals surface area contributed by atoms with E-state index in [0.29, 0.717) is 39.3 Å². The highest BCUT2D eigenvalue weighted by molar-refractivity contribution is 5.92. The molecule has 0 spiro atoms. The van der Waals surface area contributed by atoms with Crippen LogP contribution in [0, 0.1) is 6.92 Å². The molecule has 0 bridgehead atoms. The highest BCUT2D eigenvalue weighted by Gasteiger charge is 2.22. The van der Waals surface area contributed by atoms with Crippen LogP contribution in [0.5, 0.6) is 5.75 Å². The minimum atomic E-state index is -0.0754. The number of amides is 3. The van der Waals surface area contributed by atoms with Gasteiger partial charge in [0.25, 0.3) is 0 Å². The molecule has 7 heteroatoms. The largest absolute Gasteiger partial charge is 0.497 e. The molecule has 0 aromatic heterocycles. The van der Waals surface area contributed by atoms with Gasteiger partial charge < -0.3 is 20.3 Å². The van der Waals surface area contributed by atoms with Crippen LogP contribution in [0.3, 0.4) is 0 Å². The molecule has 1 aliphatic heterocycles. The van der Waals surface area contributed by atoms with E-state index < -0.39 is 0 Å². The summed E-state index contributed by atoms with van der Waals surface area (Å²) in [6.07, 6.45) is 0. The van der Waals surface area contributed by atoms with Crippen molar-refractivity contribution in [1.29, 1.82) is 0 Å². The van der Waals surface area contributed by atoms with Crippen LogP contribution in [-0.4, -0.2) is 61.6 Å². The maximum atomic E-state index is 12.6. The SMILES string of the molecule is COc1ccc2cc(CNC(=O)N3CCN(CC(=O)Nc4ccc(C)cc4)CC3)ccc2c1. The molecule has 33 heavy (non-hydrogen) atoms. The van der Waals surface area contributed by atoms with Gasteiger partial charge in [0, 0.05) is 38.4 Å². The molecule has 4 rings (SSSR count). The van der Waals surface area contributed by atoms with Gasteiger partial charge >= 0.3 is 6.03 Å². The van der Waals surface area contributed by atoms with Crippen molar-refractivity contribution < 1.29 is 14.3 Å². The average molecular weight is 447 g/mol. The van der Waals surface area contributed by atoms with Gasteiger partial charge in [-0.3, -0.25) is 9.69 Å². The number of urea groups is 1. The number of methoxy groups -OCH3 is 1. The number of aryl methyl sites for hydroxylation is 1. The first-order chi connectivity index (χ1) is 16.0. The fraction of sp³-hybridized carbons (Fsp3) is 0.308. The Hall–Kier alpha value is -3.58. The lowest BCUT2D eigenvalue weighted by Crippen LogP contribution is -2.52. The van der Waals surface area contributed by atoms with E-state index >= 15 is 0 Å². The molecule has 0 aliphatic carbocycles. The topological polar surface area (TPSA) is 73.9 Å². The molecule has 1 fully saturated rings. The van der Waals surface area contributed by atoms with Gasteiger partial charge in [-0.1, -0.05) is 35.9 Å². The van der Waals surface area contributed by atoms with Crippen molar-refractivity contribution in [3.63, 3.8) is 0 Å². The van der Waals surface area contributed by atoms with Crippen LogP contribution in [0.1, 0.15) is 11.1 Å². The summed E-state index contributed by atoms with van der Waals surface area (Å²) >= 11 is 0. The molecule has 0 saturated carbocycles. The van der Waals surface area contributed by atoms with E-state index in [1.807, 2.05) is 61.5 Å². The van der Waals surface area contributed by atoms with Gasteiger partial charge in [-0.2, -0.15) is 0 Å². The highest BCUT2D eigenvalue weighted by atomic mass is 16.5.